The zero-order valence-corrected chi connectivity index (χ0v) is 23.0. The molecule has 0 aliphatic carbocycles. The zero-order chi connectivity index (χ0) is 29.8. The smallest absolute Gasteiger partial charge is 0.359 e. The van der Waals surface area contributed by atoms with Crippen LogP contribution in [0.15, 0.2) is 29.5 Å². The molecule has 1 amide bonds. The van der Waals surface area contributed by atoms with Crippen molar-refractivity contribution in [1.82, 2.24) is 19.5 Å². The lowest BCUT2D eigenvalue weighted by atomic mass is 10.1. The van der Waals surface area contributed by atoms with Gasteiger partial charge in [0.1, 0.15) is 11.9 Å². The lowest BCUT2D eigenvalue weighted by Crippen LogP contribution is -2.41. The van der Waals surface area contributed by atoms with E-state index in [0.717, 1.165) is 31.5 Å². The number of amides is 1. The second-order valence-electron chi connectivity index (χ2n) is 9.86. The Balaban J connectivity index is 1.52. The summed E-state index contributed by atoms with van der Waals surface area (Å²) in [5.41, 5.74) is -1.91. The quantitative estimate of drug-likeness (QED) is 0.198. The molecule has 3 heterocycles. The minimum absolute atomic E-state index is 0.159. The highest BCUT2D eigenvalue weighted by molar-refractivity contribution is 6.08. The zero-order valence-electron chi connectivity index (χ0n) is 23.0. The first-order chi connectivity index (χ1) is 19.7. The van der Waals surface area contributed by atoms with E-state index in [9.17, 15) is 28.3 Å². The van der Waals surface area contributed by atoms with Gasteiger partial charge in [-0.25, -0.2) is 19.6 Å². The third-order valence-corrected chi connectivity index (χ3v) is 6.72. The number of aliphatic hydroxyl groups is 2. The number of anilines is 1. The van der Waals surface area contributed by atoms with Crippen molar-refractivity contribution in [3.8, 4) is 0 Å². The van der Waals surface area contributed by atoms with E-state index in [1.807, 2.05) is 0 Å². The number of unbranched alkanes of at least 4 members (excludes halogenated alkanes) is 9. The fourth-order valence-corrected chi connectivity index (χ4v) is 4.43. The first-order valence-corrected chi connectivity index (χ1v) is 13.9. The van der Waals surface area contributed by atoms with Crippen LogP contribution in [0.2, 0.25) is 0 Å². The van der Waals surface area contributed by atoms with Crippen molar-refractivity contribution in [2.45, 2.75) is 95.5 Å². The Hall–Kier alpha value is -3.36. The van der Waals surface area contributed by atoms with E-state index in [2.05, 4.69) is 27.2 Å². The summed E-state index contributed by atoms with van der Waals surface area (Å²) in [6.45, 7) is 1.47. The third kappa shape index (κ3) is 8.57. The molecule has 0 bridgehead atoms. The number of carbonyl (C=O) groups excluding carboxylic acids is 2. The highest BCUT2D eigenvalue weighted by Gasteiger charge is 2.59. The third-order valence-electron chi connectivity index (χ3n) is 6.72. The summed E-state index contributed by atoms with van der Waals surface area (Å²) in [5.74, 6) is -5.95. The number of halogens is 2. The van der Waals surface area contributed by atoms with Crippen LogP contribution >= 0.6 is 0 Å². The number of aromatic nitrogens is 4. The van der Waals surface area contributed by atoms with Gasteiger partial charge in [0.2, 0.25) is 6.23 Å². The number of nitrogens with one attached hydrogen (secondary N) is 1. The normalized spacial score (nSPS) is 19.7. The predicted molar refractivity (Wildman–Crippen MR) is 143 cm³/mol. The Kier molecular flexibility index (Phi) is 12.2. The van der Waals surface area contributed by atoms with Gasteiger partial charge >= 0.3 is 17.6 Å². The first-order valence-electron chi connectivity index (χ1n) is 13.9. The average Bonchev–Trinajstić information content (AvgIpc) is 3.19. The lowest BCUT2D eigenvalue weighted by Gasteiger charge is -2.21. The number of ether oxygens (including phenoxy) is 2. The van der Waals surface area contributed by atoms with Gasteiger partial charge in [0, 0.05) is 18.6 Å². The van der Waals surface area contributed by atoms with Crippen molar-refractivity contribution >= 4 is 17.7 Å². The molecule has 3 atom stereocenters. The minimum Gasteiger partial charge on any atom is -0.461 e. The molecule has 0 saturated carbocycles. The van der Waals surface area contributed by atoms with Gasteiger partial charge < -0.3 is 25.0 Å². The highest BCUT2D eigenvalue weighted by atomic mass is 19.3. The van der Waals surface area contributed by atoms with Crippen LogP contribution in [-0.2, 0) is 9.47 Å². The first kappa shape index (κ1) is 32.2. The van der Waals surface area contributed by atoms with E-state index in [-0.39, 0.29) is 23.8 Å². The molecular weight excluding hydrogens is 544 g/mol. The van der Waals surface area contributed by atoms with Crippen LogP contribution in [0.5, 0.6) is 0 Å². The molecule has 1 fully saturated rings. The van der Waals surface area contributed by atoms with E-state index >= 15 is 0 Å². The van der Waals surface area contributed by atoms with Crippen LogP contribution in [0, 0.1) is 0 Å². The Labute approximate surface area is 236 Å². The molecule has 0 aromatic carbocycles. The molecule has 0 radical (unpaired) electrons. The van der Waals surface area contributed by atoms with Crippen LogP contribution in [0.3, 0.4) is 0 Å². The number of aliphatic hydroxyl groups excluding tert-OH is 2. The predicted octanol–water partition coefficient (Wildman–Crippen LogP) is 3.25. The van der Waals surface area contributed by atoms with Crippen LogP contribution in [0.1, 0.15) is 98.3 Å². The molecule has 2 aromatic heterocycles. The maximum atomic E-state index is 14.4. The van der Waals surface area contributed by atoms with Crippen molar-refractivity contribution < 1.29 is 38.1 Å². The van der Waals surface area contributed by atoms with Crippen molar-refractivity contribution in [3.63, 3.8) is 0 Å². The minimum atomic E-state index is -3.88. The number of rotatable bonds is 16. The van der Waals surface area contributed by atoms with Crippen molar-refractivity contribution in [1.29, 1.82) is 0 Å². The SMILES string of the molecule is CCCCCCCCCCCCOC(=O)c1nccnc1C(=O)Nc1ccn(C2OC(CO)C(O)C2(F)F)c(=O)n1. The Morgan fingerprint density at radius 1 is 1.05 bits per heavy atom. The molecule has 1 saturated heterocycles. The van der Waals surface area contributed by atoms with Crippen molar-refractivity contribution in [2.75, 3.05) is 18.5 Å². The van der Waals surface area contributed by atoms with Crippen molar-refractivity contribution in [2.24, 2.45) is 0 Å². The maximum absolute atomic E-state index is 14.4. The molecular formula is C27H37F2N5O7. The molecule has 3 N–H and O–H groups in total. The summed E-state index contributed by atoms with van der Waals surface area (Å²) in [7, 11) is 0. The standard InChI is InChI=1S/C27H37F2N5O7/c1-2-3-4-5-6-7-8-9-10-11-16-40-24(38)21-20(30-13-14-31-21)23(37)32-19-12-15-34(26(39)33-19)25-27(28,29)22(36)18(17-35)41-25/h12-15,18,22,25,35-36H,2-11,16-17H2,1H3,(H,32,33,37,39). The fourth-order valence-electron chi connectivity index (χ4n) is 4.43. The van der Waals surface area contributed by atoms with Crippen LogP contribution in [0.25, 0.3) is 0 Å². The summed E-state index contributed by atoms with van der Waals surface area (Å²) in [4.78, 5) is 49.2. The van der Waals surface area contributed by atoms with E-state index in [1.54, 1.807) is 0 Å². The molecule has 3 rings (SSSR count). The molecule has 12 nitrogen and oxygen atoms in total. The summed E-state index contributed by atoms with van der Waals surface area (Å²) in [6.07, 6.45) is 8.43. The van der Waals surface area contributed by atoms with Gasteiger partial charge in [0.05, 0.1) is 13.2 Å². The van der Waals surface area contributed by atoms with Gasteiger partial charge in [0.15, 0.2) is 17.5 Å². The van der Waals surface area contributed by atoms with Gasteiger partial charge in [-0.3, -0.25) is 9.36 Å². The number of nitrogens with zero attached hydrogens (tertiary/aromatic N) is 4. The van der Waals surface area contributed by atoms with Crippen LogP contribution in [-0.4, -0.2) is 73.0 Å². The van der Waals surface area contributed by atoms with Crippen LogP contribution < -0.4 is 11.0 Å². The van der Waals surface area contributed by atoms with Gasteiger partial charge in [-0.2, -0.15) is 13.8 Å². The Bertz CT molecular complexity index is 1210. The van der Waals surface area contributed by atoms with Crippen LogP contribution in [0.4, 0.5) is 14.6 Å². The molecule has 41 heavy (non-hydrogen) atoms. The monoisotopic (exact) mass is 581 g/mol. The molecule has 0 spiro atoms. The van der Waals surface area contributed by atoms with E-state index < -0.39 is 48.5 Å². The van der Waals surface area contributed by atoms with Gasteiger partial charge in [-0.15, -0.1) is 0 Å². The summed E-state index contributed by atoms with van der Waals surface area (Å²) in [6, 6.07) is 1.05. The topological polar surface area (TPSA) is 166 Å². The van der Waals surface area contributed by atoms with E-state index in [1.165, 1.54) is 50.9 Å². The van der Waals surface area contributed by atoms with Gasteiger partial charge in [-0.1, -0.05) is 64.7 Å². The molecule has 2 aromatic rings. The second-order valence-corrected chi connectivity index (χ2v) is 9.86. The highest BCUT2D eigenvalue weighted by Crippen LogP contribution is 2.42. The average molecular weight is 582 g/mol. The van der Waals surface area contributed by atoms with Gasteiger partial charge in [0.25, 0.3) is 5.91 Å². The number of esters is 1. The lowest BCUT2D eigenvalue weighted by molar-refractivity contribution is -0.140. The van der Waals surface area contributed by atoms with E-state index in [0.29, 0.717) is 11.0 Å². The largest absolute Gasteiger partial charge is 0.461 e. The number of alkyl halides is 2. The Morgan fingerprint density at radius 2 is 1.66 bits per heavy atom. The van der Waals surface area contributed by atoms with Gasteiger partial charge in [-0.05, 0) is 12.5 Å². The van der Waals surface area contributed by atoms with E-state index in [4.69, 9.17) is 14.6 Å². The summed E-state index contributed by atoms with van der Waals surface area (Å²) in [5, 5.41) is 21.1. The number of hydrogen-bond donors (Lipinski definition) is 3. The molecule has 3 unspecified atom stereocenters. The second kappa shape index (κ2) is 15.6. The molecule has 226 valence electrons. The number of carbonyl (C=O) groups is 2. The summed E-state index contributed by atoms with van der Waals surface area (Å²) >= 11 is 0. The van der Waals surface area contributed by atoms with Crippen molar-refractivity contribution in [3.05, 3.63) is 46.5 Å². The maximum Gasteiger partial charge on any atom is 0.359 e. The Morgan fingerprint density at radius 3 is 2.24 bits per heavy atom. The number of hydrogen-bond acceptors (Lipinski definition) is 10. The molecule has 14 heteroatoms. The molecule has 1 aliphatic heterocycles. The molecule has 1 aliphatic rings. The fraction of sp³-hybridized carbons (Fsp3) is 0.630. The summed E-state index contributed by atoms with van der Waals surface area (Å²) < 4.78 is 39.4.